The topological polar surface area (TPSA) is 67.2 Å². The summed E-state index contributed by atoms with van der Waals surface area (Å²) in [4.78, 5) is 10.6. The van der Waals surface area contributed by atoms with E-state index >= 15 is 0 Å². The number of nitro groups is 1. The second-order valence-corrected chi connectivity index (χ2v) is 3.78. The molecule has 1 unspecified atom stereocenters. The Morgan fingerprint density at radius 2 is 2.07 bits per heavy atom. The average molecular weight is 203 g/mol. The van der Waals surface area contributed by atoms with E-state index in [1.54, 1.807) is 6.92 Å². The highest BCUT2D eigenvalue weighted by molar-refractivity contribution is 4.76. The molecule has 5 nitrogen and oxygen atoms in total. The van der Waals surface area contributed by atoms with E-state index in [9.17, 15) is 10.1 Å². The molecule has 0 amide bonds. The van der Waals surface area contributed by atoms with Gasteiger partial charge in [0.2, 0.25) is 5.54 Å². The first-order valence-electron chi connectivity index (χ1n) is 5.06. The average Bonchev–Trinajstić information content (AvgIpc) is 2.13. The van der Waals surface area contributed by atoms with Crippen molar-refractivity contribution in [3.63, 3.8) is 0 Å². The molecule has 0 aliphatic rings. The highest BCUT2D eigenvalue weighted by atomic mass is 16.6. The molecule has 0 aliphatic heterocycles. The summed E-state index contributed by atoms with van der Waals surface area (Å²) in [6.45, 7) is 5.71. The Balaban J connectivity index is 3.90. The lowest BCUT2D eigenvalue weighted by molar-refractivity contribution is -0.564. The third kappa shape index (κ3) is 4.53. The molecule has 0 saturated heterocycles. The van der Waals surface area contributed by atoms with Gasteiger partial charge in [0, 0.05) is 31.4 Å². The van der Waals surface area contributed by atoms with Crippen LogP contribution in [0.1, 0.15) is 26.7 Å². The predicted molar refractivity (Wildman–Crippen MR) is 57.1 cm³/mol. The molecule has 0 aromatic carbocycles. The molecule has 14 heavy (non-hydrogen) atoms. The third-order valence-electron chi connectivity index (χ3n) is 2.29. The van der Waals surface area contributed by atoms with Gasteiger partial charge >= 0.3 is 0 Å². The van der Waals surface area contributed by atoms with Gasteiger partial charge in [0.25, 0.3) is 0 Å². The summed E-state index contributed by atoms with van der Waals surface area (Å²) in [6, 6.07) is 0. The van der Waals surface area contributed by atoms with Crippen LogP contribution >= 0.6 is 0 Å². The zero-order valence-corrected chi connectivity index (χ0v) is 9.30. The van der Waals surface area contributed by atoms with Gasteiger partial charge in [-0.3, -0.25) is 10.1 Å². The van der Waals surface area contributed by atoms with E-state index in [0.29, 0.717) is 13.0 Å². The van der Waals surface area contributed by atoms with Crippen LogP contribution in [0.15, 0.2) is 0 Å². The van der Waals surface area contributed by atoms with Crippen LogP contribution in [-0.4, -0.2) is 37.1 Å². The normalized spacial score (nSPS) is 15.1. The Hall–Kier alpha value is -0.680. The fourth-order valence-corrected chi connectivity index (χ4v) is 1.35. The molecule has 2 N–H and O–H groups in total. The predicted octanol–water partition coefficient (Wildman–Crippen LogP) is 0.631. The monoisotopic (exact) mass is 203 g/mol. The Labute approximate surface area is 85.4 Å². The number of nitrogens with zero attached hydrogens (tertiary/aromatic N) is 1. The van der Waals surface area contributed by atoms with Crippen LogP contribution in [0.3, 0.4) is 0 Å². The van der Waals surface area contributed by atoms with Gasteiger partial charge < -0.3 is 10.6 Å². The smallest absolute Gasteiger partial charge is 0.231 e. The maximum Gasteiger partial charge on any atom is 0.231 e. The number of hydrogen-bond acceptors (Lipinski definition) is 4. The molecule has 0 heterocycles. The summed E-state index contributed by atoms with van der Waals surface area (Å²) in [6.07, 6.45) is 1.46. The first kappa shape index (κ1) is 13.3. The largest absolute Gasteiger partial charge is 0.318 e. The van der Waals surface area contributed by atoms with Crippen molar-refractivity contribution < 1.29 is 4.92 Å². The minimum atomic E-state index is -0.817. The van der Waals surface area contributed by atoms with E-state index in [0.717, 1.165) is 19.5 Å². The second kappa shape index (κ2) is 6.73. The first-order chi connectivity index (χ1) is 6.56. The van der Waals surface area contributed by atoms with Gasteiger partial charge in [-0.2, -0.15) is 0 Å². The van der Waals surface area contributed by atoms with Crippen molar-refractivity contribution in [2.24, 2.45) is 0 Å². The molecule has 84 valence electrons. The van der Waals surface area contributed by atoms with E-state index in [1.165, 1.54) is 0 Å². The van der Waals surface area contributed by atoms with E-state index < -0.39 is 5.54 Å². The summed E-state index contributed by atoms with van der Waals surface area (Å²) in [5, 5.41) is 16.9. The summed E-state index contributed by atoms with van der Waals surface area (Å²) < 4.78 is 0. The lowest BCUT2D eigenvalue weighted by Gasteiger charge is -2.20. The Kier molecular flexibility index (Phi) is 6.40. The molecular formula is C9H21N3O2. The summed E-state index contributed by atoms with van der Waals surface area (Å²) >= 11 is 0. The zero-order valence-electron chi connectivity index (χ0n) is 9.30. The van der Waals surface area contributed by atoms with Crippen LogP contribution in [0.25, 0.3) is 0 Å². The Bertz CT molecular complexity index is 175. The number of hydrogen-bond donors (Lipinski definition) is 2. The van der Waals surface area contributed by atoms with Crippen molar-refractivity contribution in [2.45, 2.75) is 32.2 Å². The maximum absolute atomic E-state index is 10.8. The lowest BCUT2D eigenvalue weighted by atomic mass is 9.97. The van der Waals surface area contributed by atoms with E-state index in [4.69, 9.17) is 0 Å². The molecule has 0 bridgehead atoms. The minimum absolute atomic E-state index is 0.178. The molecule has 0 radical (unpaired) electrons. The zero-order chi connectivity index (χ0) is 11.0. The van der Waals surface area contributed by atoms with Gasteiger partial charge in [0.05, 0.1) is 6.54 Å². The Morgan fingerprint density at radius 3 is 2.50 bits per heavy atom. The molecule has 0 rings (SSSR count). The van der Waals surface area contributed by atoms with Crippen LogP contribution in [0.4, 0.5) is 0 Å². The fourth-order valence-electron chi connectivity index (χ4n) is 1.35. The van der Waals surface area contributed by atoms with Crippen LogP contribution in [0.2, 0.25) is 0 Å². The minimum Gasteiger partial charge on any atom is -0.318 e. The van der Waals surface area contributed by atoms with Crippen molar-refractivity contribution >= 4 is 0 Å². The maximum atomic E-state index is 10.8. The van der Waals surface area contributed by atoms with Gasteiger partial charge in [-0.25, -0.2) is 0 Å². The molecule has 0 aromatic heterocycles. The van der Waals surface area contributed by atoms with E-state index in [1.807, 2.05) is 14.0 Å². The molecule has 0 spiro atoms. The molecule has 0 aromatic rings. The van der Waals surface area contributed by atoms with Crippen LogP contribution in [-0.2, 0) is 0 Å². The molecule has 0 aliphatic carbocycles. The van der Waals surface area contributed by atoms with Crippen molar-refractivity contribution in [2.75, 3.05) is 26.7 Å². The van der Waals surface area contributed by atoms with Gasteiger partial charge in [-0.1, -0.05) is 6.92 Å². The van der Waals surface area contributed by atoms with Crippen LogP contribution in [0.5, 0.6) is 0 Å². The summed E-state index contributed by atoms with van der Waals surface area (Å²) in [5.41, 5.74) is -0.817. The third-order valence-corrected chi connectivity index (χ3v) is 2.29. The quantitative estimate of drug-likeness (QED) is 0.345. The molecule has 5 heteroatoms. The Morgan fingerprint density at radius 1 is 1.43 bits per heavy atom. The molecular weight excluding hydrogens is 182 g/mol. The molecule has 0 saturated carbocycles. The highest BCUT2D eigenvalue weighted by Gasteiger charge is 2.35. The summed E-state index contributed by atoms with van der Waals surface area (Å²) in [7, 11) is 1.86. The van der Waals surface area contributed by atoms with Crippen LogP contribution in [0, 0.1) is 10.1 Å². The van der Waals surface area contributed by atoms with E-state index in [-0.39, 0.29) is 4.92 Å². The summed E-state index contributed by atoms with van der Waals surface area (Å²) in [5.74, 6) is 0. The number of nitrogens with one attached hydrogen (secondary N) is 2. The van der Waals surface area contributed by atoms with Crippen molar-refractivity contribution in [1.82, 2.24) is 10.6 Å². The van der Waals surface area contributed by atoms with Crippen molar-refractivity contribution in [3.05, 3.63) is 10.1 Å². The highest BCUT2D eigenvalue weighted by Crippen LogP contribution is 2.15. The lowest BCUT2D eigenvalue weighted by Crippen LogP contribution is -2.45. The SMILES string of the molecule is CCCC(C)(CNCCNC)[N+](=O)[O-]. The number of rotatable bonds is 8. The first-order valence-corrected chi connectivity index (χ1v) is 5.06. The fraction of sp³-hybridized carbons (Fsp3) is 1.00. The van der Waals surface area contributed by atoms with Crippen molar-refractivity contribution in [1.29, 1.82) is 0 Å². The van der Waals surface area contributed by atoms with Gasteiger partial charge in [0.1, 0.15) is 0 Å². The van der Waals surface area contributed by atoms with Gasteiger partial charge in [-0.05, 0) is 13.5 Å². The van der Waals surface area contributed by atoms with Gasteiger partial charge in [-0.15, -0.1) is 0 Å². The van der Waals surface area contributed by atoms with E-state index in [2.05, 4.69) is 10.6 Å². The number of likely N-dealkylation sites (N-methyl/N-ethyl adjacent to an activating group) is 1. The van der Waals surface area contributed by atoms with Crippen molar-refractivity contribution in [3.8, 4) is 0 Å². The second-order valence-electron chi connectivity index (χ2n) is 3.78. The van der Waals surface area contributed by atoms with Crippen LogP contribution < -0.4 is 10.6 Å². The standard InChI is InChI=1S/C9H21N3O2/c1-4-5-9(2,12(13)14)8-11-7-6-10-3/h10-11H,4-8H2,1-3H3. The molecule has 0 fully saturated rings. The van der Waals surface area contributed by atoms with Gasteiger partial charge in [0.15, 0.2) is 0 Å². The molecule has 1 atom stereocenters.